The van der Waals surface area contributed by atoms with Gasteiger partial charge in [-0.3, -0.25) is 4.79 Å². The third-order valence-electron chi connectivity index (χ3n) is 3.70. The molecule has 1 N–H and O–H groups in total. The molecule has 2 unspecified atom stereocenters. The Bertz CT molecular complexity index is 784. The van der Waals surface area contributed by atoms with Crippen molar-refractivity contribution in [2.24, 2.45) is 0 Å². The van der Waals surface area contributed by atoms with Gasteiger partial charge in [0.25, 0.3) is 5.78 Å². The molecule has 0 aromatic heterocycles. The summed E-state index contributed by atoms with van der Waals surface area (Å²) in [7, 11) is 0. The zero-order valence-corrected chi connectivity index (χ0v) is 13.7. The van der Waals surface area contributed by atoms with Gasteiger partial charge in [-0.1, -0.05) is 60.7 Å². The molecule has 0 amide bonds. The largest absolute Gasteiger partial charge is 0.457 e. The number of hydrogen-bond donors (Lipinski definition) is 1. The monoisotopic (exact) mass is 338 g/mol. The molecule has 2 rings (SSSR count). The number of rotatable bonds is 7. The van der Waals surface area contributed by atoms with Crippen LogP contribution in [0.5, 0.6) is 0 Å². The molecule has 0 spiro atoms. The molecule has 128 valence electrons. The first-order chi connectivity index (χ1) is 12.1. The van der Waals surface area contributed by atoms with Gasteiger partial charge in [-0.05, 0) is 18.1 Å². The molecule has 0 fully saturated rings. The van der Waals surface area contributed by atoms with Crippen molar-refractivity contribution in [3.63, 3.8) is 0 Å². The Morgan fingerprint density at radius 1 is 1.04 bits per heavy atom. The van der Waals surface area contributed by atoms with Gasteiger partial charge in [-0.2, -0.15) is 4.79 Å². The molecule has 0 aliphatic carbocycles. The topological polar surface area (TPSA) is 100 Å². The molecule has 2 aromatic rings. The molecule has 0 aliphatic heterocycles. The van der Waals surface area contributed by atoms with Crippen molar-refractivity contribution in [2.45, 2.75) is 18.9 Å². The molecule has 2 atom stereocenters. The van der Waals surface area contributed by atoms with Crippen LogP contribution in [0.15, 0.2) is 60.7 Å². The first kappa shape index (κ1) is 18.3. The summed E-state index contributed by atoms with van der Waals surface area (Å²) in [5.74, 6) is -2.96. The number of aliphatic hydroxyl groups is 1. The van der Waals surface area contributed by atoms with Gasteiger partial charge in [0.05, 0.1) is 18.6 Å². The number of carbonyl (C=O) groups is 2. The van der Waals surface area contributed by atoms with Gasteiger partial charge in [0.2, 0.25) is 0 Å². The van der Waals surface area contributed by atoms with Crippen LogP contribution in [0.2, 0.25) is 0 Å². The minimum absolute atomic E-state index is 0.0301. The maximum absolute atomic E-state index is 12.9. The normalized spacial score (nSPS) is 12.6. The summed E-state index contributed by atoms with van der Waals surface area (Å²) < 4.78 is 4.76. The number of Topliss-reactive ketones (excluding diaryl/α,β-unsaturated/α-hetero) is 1. The Labute approximate surface area is 145 Å². The van der Waals surface area contributed by atoms with E-state index in [2.05, 4.69) is 4.79 Å². The number of aliphatic hydroxyl groups excluding tert-OH is 1. The van der Waals surface area contributed by atoms with Gasteiger partial charge >= 0.3 is 11.7 Å². The van der Waals surface area contributed by atoms with Gasteiger partial charge in [0.15, 0.2) is 0 Å². The summed E-state index contributed by atoms with van der Waals surface area (Å²) in [6.45, 7) is 1.60. The van der Waals surface area contributed by atoms with Crippen LogP contribution in [0.25, 0.3) is 5.53 Å². The summed E-state index contributed by atoms with van der Waals surface area (Å²) >= 11 is 0. The lowest BCUT2D eigenvalue weighted by Crippen LogP contribution is -2.34. The highest BCUT2D eigenvalue weighted by Gasteiger charge is 2.41. The fraction of sp³-hybridized carbons (Fsp3) is 0.211. The highest BCUT2D eigenvalue weighted by atomic mass is 16.5. The lowest BCUT2D eigenvalue weighted by Gasteiger charge is -2.21. The van der Waals surface area contributed by atoms with Gasteiger partial charge in [0, 0.05) is 0 Å². The van der Waals surface area contributed by atoms with Crippen molar-refractivity contribution in [1.29, 1.82) is 0 Å². The summed E-state index contributed by atoms with van der Waals surface area (Å²) in [6, 6.07) is 17.1. The van der Waals surface area contributed by atoms with Crippen LogP contribution in [0.4, 0.5) is 0 Å². The molecule has 0 heterocycles. The molecule has 0 radical (unpaired) electrons. The average molecular weight is 338 g/mol. The van der Waals surface area contributed by atoms with Crippen molar-refractivity contribution in [3.05, 3.63) is 77.3 Å². The van der Waals surface area contributed by atoms with E-state index in [1.165, 1.54) is 0 Å². The Kier molecular flexibility index (Phi) is 6.34. The summed E-state index contributed by atoms with van der Waals surface area (Å²) in [5, 5.41) is 10.8. The van der Waals surface area contributed by atoms with Gasteiger partial charge in [0.1, 0.15) is 0 Å². The predicted molar refractivity (Wildman–Crippen MR) is 90.9 cm³/mol. The maximum atomic E-state index is 12.9. The number of esters is 1. The molecule has 0 aliphatic rings. The van der Waals surface area contributed by atoms with E-state index in [9.17, 15) is 14.7 Å². The number of carbonyl (C=O) groups excluding carboxylic acids is 2. The van der Waals surface area contributed by atoms with Gasteiger partial charge in [-0.15, -0.1) is 0 Å². The zero-order valence-electron chi connectivity index (χ0n) is 13.7. The van der Waals surface area contributed by atoms with E-state index in [0.717, 1.165) is 0 Å². The van der Waals surface area contributed by atoms with E-state index in [1.54, 1.807) is 67.6 Å². The Morgan fingerprint density at radius 3 is 2.04 bits per heavy atom. The number of ether oxygens (including phenoxy) is 1. The third kappa shape index (κ3) is 4.26. The van der Waals surface area contributed by atoms with Crippen LogP contribution in [0.3, 0.4) is 0 Å². The summed E-state index contributed by atoms with van der Waals surface area (Å²) in [4.78, 5) is 27.6. The second-order valence-corrected chi connectivity index (χ2v) is 5.28. The molecule has 0 saturated carbocycles. The summed E-state index contributed by atoms with van der Waals surface area (Å²) in [6.07, 6.45) is -1.22. The van der Waals surface area contributed by atoms with Crippen molar-refractivity contribution in [2.75, 3.05) is 6.61 Å². The standard InChI is InChI=1S/C19H18N2O4/c1-2-25-19(24)16(21-20)18(23)15(13-9-5-3-6-10-13)17(22)14-11-7-4-8-12-14/h3-12,15,17,22H,2H2,1H3. The van der Waals surface area contributed by atoms with Crippen LogP contribution in [0, 0.1) is 0 Å². The highest BCUT2D eigenvalue weighted by Crippen LogP contribution is 2.32. The van der Waals surface area contributed by atoms with E-state index in [4.69, 9.17) is 10.3 Å². The lowest BCUT2D eigenvalue weighted by atomic mass is 9.84. The molecular weight excluding hydrogens is 320 g/mol. The quantitative estimate of drug-likeness (QED) is 0.275. The van der Waals surface area contributed by atoms with Crippen molar-refractivity contribution < 1.29 is 24.2 Å². The fourth-order valence-electron chi connectivity index (χ4n) is 2.52. The van der Waals surface area contributed by atoms with E-state index in [-0.39, 0.29) is 6.61 Å². The number of hydrogen-bond acceptors (Lipinski definition) is 4. The lowest BCUT2D eigenvalue weighted by molar-refractivity contribution is -0.142. The zero-order chi connectivity index (χ0) is 18.2. The molecule has 2 aromatic carbocycles. The van der Waals surface area contributed by atoms with Crippen LogP contribution in [-0.4, -0.2) is 34.0 Å². The SMILES string of the molecule is CCOC(=O)C(=[N+]=[N-])C(=O)C(c1ccccc1)C(O)c1ccccc1. The van der Waals surface area contributed by atoms with Crippen molar-refractivity contribution in [3.8, 4) is 0 Å². The van der Waals surface area contributed by atoms with E-state index >= 15 is 0 Å². The molecule has 6 heteroatoms. The number of benzene rings is 2. The third-order valence-corrected chi connectivity index (χ3v) is 3.70. The predicted octanol–water partition coefficient (Wildman–Crippen LogP) is 2.31. The van der Waals surface area contributed by atoms with Crippen molar-refractivity contribution in [1.82, 2.24) is 0 Å². The second-order valence-electron chi connectivity index (χ2n) is 5.28. The summed E-state index contributed by atoms with van der Waals surface area (Å²) in [5.41, 5.74) is 9.38. The average Bonchev–Trinajstić information content (AvgIpc) is 2.64. The minimum atomic E-state index is -1.22. The fourth-order valence-corrected chi connectivity index (χ4v) is 2.52. The first-order valence-corrected chi connectivity index (χ1v) is 7.81. The highest BCUT2D eigenvalue weighted by molar-refractivity contribution is 6.63. The van der Waals surface area contributed by atoms with E-state index in [1.807, 2.05) is 0 Å². The van der Waals surface area contributed by atoms with E-state index < -0.39 is 29.5 Å². The van der Waals surface area contributed by atoms with Gasteiger partial charge in [-0.25, -0.2) is 4.79 Å². The van der Waals surface area contributed by atoms with Crippen LogP contribution in [-0.2, 0) is 14.3 Å². The Hall–Kier alpha value is -3.08. The number of ketones is 1. The van der Waals surface area contributed by atoms with Crippen LogP contribution in [0.1, 0.15) is 30.1 Å². The molecule has 6 nitrogen and oxygen atoms in total. The van der Waals surface area contributed by atoms with Gasteiger partial charge < -0.3 is 15.4 Å². The van der Waals surface area contributed by atoms with E-state index in [0.29, 0.717) is 11.1 Å². The Morgan fingerprint density at radius 2 is 1.56 bits per heavy atom. The number of nitrogens with zero attached hydrogens (tertiary/aromatic N) is 2. The molecular formula is C19H18N2O4. The first-order valence-electron chi connectivity index (χ1n) is 7.81. The minimum Gasteiger partial charge on any atom is -0.457 e. The van der Waals surface area contributed by atoms with Crippen LogP contribution >= 0.6 is 0 Å². The van der Waals surface area contributed by atoms with Crippen molar-refractivity contribution >= 4 is 17.5 Å². The Balaban J connectivity index is 2.47. The molecule has 0 saturated heterocycles. The molecule has 0 bridgehead atoms. The smallest absolute Gasteiger partial charge is 0.442 e. The van der Waals surface area contributed by atoms with Crippen LogP contribution < -0.4 is 0 Å². The maximum Gasteiger partial charge on any atom is 0.442 e. The molecule has 25 heavy (non-hydrogen) atoms. The second kappa shape index (κ2) is 8.68.